The second kappa shape index (κ2) is 6.71. The summed E-state index contributed by atoms with van der Waals surface area (Å²) in [6.45, 7) is 1.76. The highest BCUT2D eigenvalue weighted by atomic mass is 16.1. The maximum absolute atomic E-state index is 12.1. The Balaban J connectivity index is 1.67. The Morgan fingerprint density at radius 2 is 1.95 bits per heavy atom. The second-order valence-electron chi connectivity index (χ2n) is 6.33. The molecule has 2 aliphatic rings. The molecule has 1 amide bonds. The molecule has 0 heterocycles. The molecular weight excluding hydrogens is 238 g/mol. The number of likely N-dealkylation sites (N-methyl/N-ethyl adjacent to an activating group) is 1. The molecule has 0 aromatic heterocycles. The highest BCUT2D eigenvalue weighted by Gasteiger charge is 2.32. The molecule has 110 valence electrons. The summed E-state index contributed by atoms with van der Waals surface area (Å²) in [6.07, 6.45) is 9.38. The Morgan fingerprint density at radius 1 is 1.26 bits per heavy atom. The average molecular weight is 267 g/mol. The number of rotatable bonds is 7. The van der Waals surface area contributed by atoms with Gasteiger partial charge in [0.05, 0.1) is 0 Å². The van der Waals surface area contributed by atoms with Gasteiger partial charge >= 0.3 is 0 Å². The molecule has 2 N–H and O–H groups in total. The second-order valence-corrected chi connectivity index (χ2v) is 6.33. The largest absolute Gasteiger partial charge is 0.355 e. The van der Waals surface area contributed by atoms with Crippen LogP contribution in [-0.2, 0) is 4.79 Å². The Bertz CT molecular complexity index is 296. The van der Waals surface area contributed by atoms with E-state index in [0.29, 0.717) is 6.42 Å². The molecule has 0 bridgehead atoms. The number of carbonyl (C=O) groups is 1. The summed E-state index contributed by atoms with van der Waals surface area (Å²) in [7, 11) is 4.15. The summed E-state index contributed by atoms with van der Waals surface area (Å²) < 4.78 is 0. The lowest BCUT2D eigenvalue weighted by molar-refractivity contribution is -0.122. The van der Waals surface area contributed by atoms with Crippen molar-refractivity contribution >= 4 is 5.91 Å². The zero-order valence-corrected chi connectivity index (χ0v) is 12.5. The molecule has 4 heteroatoms. The highest BCUT2D eigenvalue weighted by Crippen LogP contribution is 2.30. The van der Waals surface area contributed by atoms with Crippen molar-refractivity contribution in [2.24, 2.45) is 0 Å². The summed E-state index contributed by atoms with van der Waals surface area (Å²) in [5, 5.41) is 6.49. The van der Waals surface area contributed by atoms with E-state index in [-0.39, 0.29) is 11.4 Å². The fourth-order valence-corrected chi connectivity index (χ4v) is 3.18. The minimum Gasteiger partial charge on any atom is -0.355 e. The van der Waals surface area contributed by atoms with E-state index in [1.807, 2.05) is 7.05 Å². The molecule has 2 saturated carbocycles. The van der Waals surface area contributed by atoms with Gasteiger partial charge in [-0.3, -0.25) is 4.79 Å². The molecule has 0 aromatic carbocycles. The number of carbonyl (C=O) groups excluding carboxylic acids is 1. The van der Waals surface area contributed by atoms with Crippen LogP contribution in [0.15, 0.2) is 0 Å². The van der Waals surface area contributed by atoms with Gasteiger partial charge in [-0.1, -0.05) is 19.3 Å². The van der Waals surface area contributed by atoms with Crippen molar-refractivity contribution in [1.29, 1.82) is 0 Å². The van der Waals surface area contributed by atoms with Gasteiger partial charge in [0.25, 0.3) is 0 Å². The highest BCUT2D eigenvalue weighted by molar-refractivity contribution is 5.77. The van der Waals surface area contributed by atoms with Crippen molar-refractivity contribution in [3.63, 3.8) is 0 Å². The van der Waals surface area contributed by atoms with E-state index >= 15 is 0 Å². The van der Waals surface area contributed by atoms with Crippen LogP contribution in [0.3, 0.4) is 0 Å². The maximum atomic E-state index is 12.1. The van der Waals surface area contributed by atoms with Gasteiger partial charge in [0, 0.05) is 31.1 Å². The van der Waals surface area contributed by atoms with Crippen molar-refractivity contribution in [3.8, 4) is 0 Å². The third kappa shape index (κ3) is 4.46. The zero-order chi connectivity index (χ0) is 13.7. The van der Waals surface area contributed by atoms with Crippen LogP contribution in [0.5, 0.6) is 0 Å². The Hall–Kier alpha value is -0.610. The first-order valence-corrected chi connectivity index (χ1v) is 7.81. The number of amides is 1. The molecular formula is C15H29N3O. The smallest absolute Gasteiger partial charge is 0.221 e. The van der Waals surface area contributed by atoms with Gasteiger partial charge in [-0.15, -0.1) is 0 Å². The lowest BCUT2D eigenvalue weighted by Gasteiger charge is -2.36. The van der Waals surface area contributed by atoms with Gasteiger partial charge in [0.15, 0.2) is 0 Å². The van der Waals surface area contributed by atoms with Gasteiger partial charge in [0.2, 0.25) is 5.91 Å². The van der Waals surface area contributed by atoms with Crippen LogP contribution in [0.25, 0.3) is 0 Å². The number of hydrogen-bond acceptors (Lipinski definition) is 3. The summed E-state index contributed by atoms with van der Waals surface area (Å²) >= 11 is 0. The van der Waals surface area contributed by atoms with Crippen LogP contribution in [-0.4, -0.2) is 49.6 Å². The SMILES string of the molecule is CNC1(CC(=O)NCCN(C)C2CC2)CCCCC1. The van der Waals surface area contributed by atoms with Crippen molar-refractivity contribution < 1.29 is 4.79 Å². The summed E-state index contributed by atoms with van der Waals surface area (Å²) in [4.78, 5) is 14.4. The predicted octanol–water partition coefficient (Wildman–Crippen LogP) is 1.51. The molecule has 4 nitrogen and oxygen atoms in total. The first-order valence-electron chi connectivity index (χ1n) is 7.81. The Morgan fingerprint density at radius 3 is 2.53 bits per heavy atom. The average Bonchev–Trinajstić information content (AvgIpc) is 3.24. The molecule has 0 saturated heterocycles. The topological polar surface area (TPSA) is 44.4 Å². The lowest BCUT2D eigenvalue weighted by Crippen LogP contribution is -2.48. The molecule has 2 fully saturated rings. The van der Waals surface area contributed by atoms with Crippen molar-refractivity contribution in [2.75, 3.05) is 27.2 Å². The van der Waals surface area contributed by atoms with E-state index in [1.165, 1.54) is 32.1 Å². The van der Waals surface area contributed by atoms with Crippen LogP contribution in [0.1, 0.15) is 51.4 Å². The van der Waals surface area contributed by atoms with E-state index in [1.54, 1.807) is 0 Å². The van der Waals surface area contributed by atoms with E-state index in [2.05, 4.69) is 22.6 Å². The number of hydrogen-bond donors (Lipinski definition) is 2. The minimum atomic E-state index is 0.0602. The molecule has 0 atom stereocenters. The van der Waals surface area contributed by atoms with Gasteiger partial charge in [-0.05, 0) is 39.8 Å². The number of nitrogens with one attached hydrogen (secondary N) is 2. The monoisotopic (exact) mass is 267 g/mol. The first-order chi connectivity index (χ1) is 9.15. The fraction of sp³-hybridized carbons (Fsp3) is 0.933. The van der Waals surface area contributed by atoms with Gasteiger partial charge in [-0.25, -0.2) is 0 Å². The van der Waals surface area contributed by atoms with E-state index in [9.17, 15) is 4.79 Å². The van der Waals surface area contributed by atoms with Crippen molar-refractivity contribution in [2.45, 2.75) is 62.9 Å². The first kappa shape index (κ1) is 14.8. The molecule has 0 radical (unpaired) electrons. The van der Waals surface area contributed by atoms with E-state index in [0.717, 1.165) is 32.0 Å². The van der Waals surface area contributed by atoms with Crippen LogP contribution in [0.2, 0.25) is 0 Å². The molecule has 0 spiro atoms. The van der Waals surface area contributed by atoms with E-state index < -0.39 is 0 Å². The maximum Gasteiger partial charge on any atom is 0.221 e. The zero-order valence-electron chi connectivity index (χ0n) is 12.5. The molecule has 2 aliphatic carbocycles. The summed E-state index contributed by atoms with van der Waals surface area (Å²) in [5.41, 5.74) is 0.0602. The van der Waals surface area contributed by atoms with Crippen LogP contribution < -0.4 is 10.6 Å². The molecule has 2 rings (SSSR count). The standard InChI is InChI=1S/C15H29N3O/c1-16-15(8-4-3-5-9-15)12-14(19)17-10-11-18(2)13-6-7-13/h13,16H,3-12H2,1-2H3,(H,17,19). The molecule has 0 aliphatic heterocycles. The number of nitrogens with zero attached hydrogens (tertiary/aromatic N) is 1. The van der Waals surface area contributed by atoms with Gasteiger partial charge in [-0.2, -0.15) is 0 Å². The third-order valence-corrected chi connectivity index (χ3v) is 4.80. The van der Waals surface area contributed by atoms with Gasteiger partial charge < -0.3 is 15.5 Å². The van der Waals surface area contributed by atoms with Crippen molar-refractivity contribution in [3.05, 3.63) is 0 Å². The lowest BCUT2D eigenvalue weighted by atomic mass is 9.79. The van der Waals surface area contributed by atoms with E-state index in [4.69, 9.17) is 0 Å². The molecule has 0 unspecified atom stereocenters. The van der Waals surface area contributed by atoms with Crippen LogP contribution in [0, 0.1) is 0 Å². The molecule has 0 aromatic rings. The summed E-state index contributed by atoms with van der Waals surface area (Å²) in [6, 6.07) is 0.777. The molecule has 19 heavy (non-hydrogen) atoms. The Kier molecular flexibility index (Phi) is 5.22. The quantitative estimate of drug-likeness (QED) is 0.735. The van der Waals surface area contributed by atoms with Crippen LogP contribution in [0.4, 0.5) is 0 Å². The van der Waals surface area contributed by atoms with Crippen molar-refractivity contribution in [1.82, 2.24) is 15.5 Å². The van der Waals surface area contributed by atoms with Crippen LogP contribution >= 0.6 is 0 Å². The van der Waals surface area contributed by atoms with Gasteiger partial charge in [0.1, 0.15) is 0 Å². The Labute approximate surface area is 117 Å². The third-order valence-electron chi connectivity index (χ3n) is 4.80. The fourth-order valence-electron chi connectivity index (χ4n) is 3.18. The minimum absolute atomic E-state index is 0.0602. The predicted molar refractivity (Wildman–Crippen MR) is 78.2 cm³/mol. The normalized spacial score (nSPS) is 22.5. The summed E-state index contributed by atoms with van der Waals surface area (Å²) in [5.74, 6) is 0.209.